The van der Waals surface area contributed by atoms with Crippen LogP contribution in [0, 0.1) is 0 Å². The topological polar surface area (TPSA) is 89.9 Å². The molecular weight excluding hydrogens is 200 g/mol. The lowest BCUT2D eigenvalue weighted by Gasteiger charge is -2.37. The number of hydrogen-bond acceptors (Lipinski definition) is 5. The van der Waals surface area contributed by atoms with Crippen molar-refractivity contribution < 1.29 is 19.8 Å². The Kier molecular flexibility index (Phi) is 3.43. The minimum absolute atomic E-state index is 0.0664. The Morgan fingerprint density at radius 2 is 2.13 bits per heavy atom. The number of carbonyl (C=O) groups excluding carboxylic acids is 2. The Morgan fingerprint density at radius 3 is 2.67 bits per heavy atom. The van der Waals surface area contributed by atoms with E-state index in [-0.39, 0.29) is 24.9 Å². The van der Waals surface area contributed by atoms with E-state index in [0.717, 1.165) is 4.90 Å². The summed E-state index contributed by atoms with van der Waals surface area (Å²) in [5.74, 6) is -0.766. The molecule has 0 aliphatic carbocycles. The lowest BCUT2D eigenvalue weighted by atomic mass is 10.0. The van der Waals surface area contributed by atoms with Gasteiger partial charge in [-0.1, -0.05) is 0 Å². The Labute approximate surface area is 87.9 Å². The summed E-state index contributed by atoms with van der Waals surface area (Å²) in [5, 5.41) is 20.6. The van der Waals surface area contributed by atoms with Gasteiger partial charge in [-0.05, 0) is 13.8 Å². The molecule has 1 fully saturated rings. The van der Waals surface area contributed by atoms with Crippen molar-refractivity contribution in [1.29, 1.82) is 0 Å². The first-order chi connectivity index (χ1) is 6.88. The maximum Gasteiger partial charge on any atom is 0.249 e. The van der Waals surface area contributed by atoms with Gasteiger partial charge in [0, 0.05) is 0 Å². The SMILES string of the molecule is CC1(C)NCC(=O)N(CC(O)CO)C1=O. The van der Waals surface area contributed by atoms with Gasteiger partial charge < -0.3 is 10.2 Å². The highest BCUT2D eigenvalue weighted by molar-refractivity contribution is 6.03. The average Bonchev–Trinajstić information content (AvgIpc) is 2.19. The molecule has 1 aliphatic rings. The second-order valence-corrected chi connectivity index (χ2v) is 4.12. The first-order valence-electron chi connectivity index (χ1n) is 4.77. The van der Waals surface area contributed by atoms with Crippen LogP contribution in [0.15, 0.2) is 0 Å². The molecular formula is C9H16N2O4. The lowest BCUT2D eigenvalue weighted by Crippen LogP contribution is -2.64. The van der Waals surface area contributed by atoms with Gasteiger partial charge in [-0.25, -0.2) is 0 Å². The second-order valence-electron chi connectivity index (χ2n) is 4.12. The predicted molar refractivity (Wildman–Crippen MR) is 51.9 cm³/mol. The van der Waals surface area contributed by atoms with Crippen LogP contribution < -0.4 is 5.32 Å². The van der Waals surface area contributed by atoms with Gasteiger partial charge in [0.05, 0.1) is 31.3 Å². The third-order valence-electron chi connectivity index (χ3n) is 2.37. The number of aliphatic hydroxyl groups is 2. The van der Waals surface area contributed by atoms with E-state index < -0.39 is 18.2 Å². The summed E-state index contributed by atoms with van der Waals surface area (Å²) in [4.78, 5) is 24.1. The van der Waals surface area contributed by atoms with Crippen molar-refractivity contribution in [1.82, 2.24) is 10.2 Å². The summed E-state index contributed by atoms with van der Waals surface area (Å²) in [5.41, 5.74) is -0.802. The summed E-state index contributed by atoms with van der Waals surface area (Å²) >= 11 is 0. The molecule has 0 aromatic rings. The summed E-state index contributed by atoms with van der Waals surface area (Å²) in [6, 6.07) is 0. The zero-order valence-electron chi connectivity index (χ0n) is 8.86. The lowest BCUT2D eigenvalue weighted by molar-refractivity contribution is -0.154. The van der Waals surface area contributed by atoms with E-state index in [1.165, 1.54) is 0 Å². The highest BCUT2D eigenvalue weighted by Gasteiger charge is 2.40. The van der Waals surface area contributed by atoms with E-state index in [2.05, 4.69) is 5.32 Å². The molecule has 1 saturated heterocycles. The molecule has 1 heterocycles. The van der Waals surface area contributed by atoms with E-state index in [1.807, 2.05) is 0 Å². The summed E-state index contributed by atoms with van der Waals surface area (Å²) < 4.78 is 0. The van der Waals surface area contributed by atoms with E-state index >= 15 is 0 Å². The number of hydrogen-bond donors (Lipinski definition) is 3. The first kappa shape index (κ1) is 12.1. The average molecular weight is 216 g/mol. The number of imide groups is 1. The quantitative estimate of drug-likeness (QED) is 0.478. The van der Waals surface area contributed by atoms with Crippen LogP contribution in [-0.2, 0) is 9.59 Å². The molecule has 86 valence electrons. The molecule has 3 N–H and O–H groups in total. The van der Waals surface area contributed by atoms with Gasteiger partial charge in [-0.3, -0.25) is 19.8 Å². The molecule has 15 heavy (non-hydrogen) atoms. The molecule has 0 aromatic heterocycles. The number of carbonyl (C=O) groups is 2. The Balaban J connectivity index is 2.75. The molecule has 0 saturated carbocycles. The minimum atomic E-state index is -1.08. The summed E-state index contributed by atoms with van der Waals surface area (Å²) in [6.45, 7) is 2.78. The van der Waals surface area contributed by atoms with Crippen molar-refractivity contribution in [2.45, 2.75) is 25.5 Å². The highest BCUT2D eigenvalue weighted by atomic mass is 16.3. The molecule has 6 heteroatoms. The molecule has 0 radical (unpaired) electrons. The van der Waals surface area contributed by atoms with Crippen molar-refractivity contribution in [3.63, 3.8) is 0 Å². The number of nitrogens with zero attached hydrogens (tertiary/aromatic N) is 1. The number of nitrogens with one attached hydrogen (secondary N) is 1. The van der Waals surface area contributed by atoms with Crippen molar-refractivity contribution in [3.8, 4) is 0 Å². The molecule has 6 nitrogen and oxygen atoms in total. The molecule has 0 aromatic carbocycles. The van der Waals surface area contributed by atoms with Crippen LogP contribution in [0.1, 0.15) is 13.8 Å². The zero-order valence-corrected chi connectivity index (χ0v) is 8.86. The molecule has 1 rings (SSSR count). The fourth-order valence-electron chi connectivity index (χ4n) is 1.37. The maximum atomic E-state index is 11.8. The zero-order chi connectivity index (χ0) is 11.6. The first-order valence-corrected chi connectivity index (χ1v) is 4.77. The van der Waals surface area contributed by atoms with Crippen molar-refractivity contribution in [2.24, 2.45) is 0 Å². The highest BCUT2D eigenvalue weighted by Crippen LogP contribution is 2.13. The monoisotopic (exact) mass is 216 g/mol. The number of aliphatic hydroxyl groups excluding tert-OH is 2. The van der Waals surface area contributed by atoms with Gasteiger partial charge >= 0.3 is 0 Å². The summed E-state index contributed by atoms with van der Waals surface area (Å²) in [6.07, 6.45) is -1.08. The van der Waals surface area contributed by atoms with Crippen LogP contribution in [0.5, 0.6) is 0 Å². The molecule has 1 aliphatic heterocycles. The predicted octanol–water partition coefficient (Wildman–Crippen LogP) is -1.92. The smallest absolute Gasteiger partial charge is 0.249 e. The van der Waals surface area contributed by atoms with Gasteiger partial charge in [-0.15, -0.1) is 0 Å². The van der Waals surface area contributed by atoms with Gasteiger partial charge in [0.15, 0.2) is 0 Å². The molecule has 2 amide bonds. The van der Waals surface area contributed by atoms with Crippen LogP contribution in [0.3, 0.4) is 0 Å². The van der Waals surface area contributed by atoms with Crippen LogP contribution >= 0.6 is 0 Å². The van der Waals surface area contributed by atoms with Gasteiger partial charge in [-0.2, -0.15) is 0 Å². The Morgan fingerprint density at radius 1 is 1.53 bits per heavy atom. The normalized spacial score (nSPS) is 23.1. The van der Waals surface area contributed by atoms with E-state index in [9.17, 15) is 14.7 Å². The van der Waals surface area contributed by atoms with Gasteiger partial charge in [0.2, 0.25) is 11.8 Å². The largest absolute Gasteiger partial charge is 0.394 e. The summed E-state index contributed by atoms with van der Waals surface area (Å²) in [7, 11) is 0. The van der Waals surface area contributed by atoms with Crippen molar-refractivity contribution in [2.75, 3.05) is 19.7 Å². The number of β-amino-alcohol motifs (C(OH)–C–C–N with tert-alkyl or cyclic N) is 1. The molecule has 0 spiro atoms. The van der Waals surface area contributed by atoms with Gasteiger partial charge in [0.1, 0.15) is 0 Å². The minimum Gasteiger partial charge on any atom is -0.394 e. The van der Waals surface area contributed by atoms with E-state index in [0.29, 0.717) is 0 Å². The molecule has 1 unspecified atom stereocenters. The number of rotatable bonds is 3. The second kappa shape index (κ2) is 4.26. The third-order valence-corrected chi connectivity index (χ3v) is 2.37. The third kappa shape index (κ3) is 2.53. The van der Waals surface area contributed by atoms with Crippen LogP contribution in [0.25, 0.3) is 0 Å². The Hall–Kier alpha value is -0.980. The van der Waals surface area contributed by atoms with E-state index in [4.69, 9.17) is 5.11 Å². The number of piperazine rings is 1. The fourth-order valence-corrected chi connectivity index (χ4v) is 1.37. The van der Waals surface area contributed by atoms with Crippen LogP contribution in [0.2, 0.25) is 0 Å². The molecule has 0 bridgehead atoms. The number of amides is 2. The van der Waals surface area contributed by atoms with E-state index in [1.54, 1.807) is 13.8 Å². The molecule has 1 atom stereocenters. The van der Waals surface area contributed by atoms with Crippen molar-refractivity contribution in [3.05, 3.63) is 0 Å². The fraction of sp³-hybridized carbons (Fsp3) is 0.778. The van der Waals surface area contributed by atoms with Crippen LogP contribution in [0.4, 0.5) is 0 Å². The standard InChI is InChI=1S/C9H16N2O4/c1-9(2)8(15)11(4-6(13)5-12)7(14)3-10-9/h6,10,12-13H,3-5H2,1-2H3. The van der Waals surface area contributed by atoms with Gasteiger partial charge in [0.25, 0.3) is 0 Å². The Bertz CT molecular complexity index is 277. The maximum absolute atomic E-state index is 11.8. The van der Waals surface area contributed by atoms with Crippen molar-refractivity contribution >= 4 is 11.8 Å². The van der Waals surface area contributed by atoms with Crippen LogP contribution in [-0.4, -0.2) is 58.3 Å².